The number of halogens is 1. The molecule has 2 N–H and O–H groups in total. The third kappa shape index (κ3) is 5.03. The summed E-state index contributed by atoms with van der Waals surface area (Å²) < 4.78 is 5.63. The van der Waals surface area contributed by atoms with Crippen LogP contribution in [0.15, 0.2) is 49.1 Å². The van der Waals surface area contributed by atoms with Gasteiger partial charge in [-0.2, -0.15) is 0 Å². The highest BCUT2D eigenvalue weighted by Crippen LogP contribution is 2.32. The van der Waals surface area contributed by atoms with Crippen LogP contribution in [0.3, 0.4) is 0 Å². The van der Waals surface area contributed by atoms with Crippen LogP contribution in [0.25, 0.3) is 0 Å². The summed E-state index contributed by atoms with van der Waals surface area (Å²) in [7, 11) is 0. The standard InChI is InChI=1S/C19H19N5O2S.ClH/c25-18(24-19-23-11-16(27-19)13-4-6-20-7-5-13)14-2-1-3-15(10-14)26-17-12-21-8-9-22-17;/h1-3,8-13,20H,4-7H2,(H,23,24,25);1H. The van der Waals surface area contributed by atoms with Crippen molar-refractivity contribution in [2.24, 2.45) is 0 Å². The Labute approximate surface area is 173 Å². The van der Waals surface area contributed by atoms with Crippen molar-refractivity contribution in [3.63, 3.8) is 0 Å². The van der Waals surface area contributed by atoms with Crippen LogP contribution in [0.5, 0.6) is 11.6 Å². The van der Waals surface area contributed by atoms with Crippen molar-refractivity contribution in [2.75, 3.05) is 18.4 Å². The zero-order valence-corrected chi connectivity index (χ0v) is 16.6. The topological polar surface area (TPSA) is 89.0 Å². The predicted molar refractivity (Wildman–Crippen MR) is 111 cm³/mol. The molecule has 28 heavy (non-hydrogen) atoms. The average Bonchev–Trinajstić information content (AvgIpc) is 3.18. The first-order valence-electron chi connectivity index (χ1n) is 8.79. The lowest BCUT2D eigenvalue weighted by atomic mass is 9.97. The molecule has 3 heterocycles. The van der Waals surface area contributed by atoms with Crippen molar-refractivity contribution in [1.82, 2.24) is 20.3 Å². The highest BCUT2D eigenvalue weighted by atomic mass is 35.5. The number of anilines is 1. The molecule has 0 spiro atoms. The van der Waals surface area contributed by atoms with Crippen molar-refractivity contribution < 1.29 is 9.53 Å². The maximum absolute atomic E-state index is 12.6. The monoisotopic (exact) mass is 417 g/mol. The smallest absolute Gasteiger partial charge is 0.257 e. The number of ether oxygens (including phenoxy) is 1. The third-order valence-electron chi connectivity index (χ3n) is 4.34. The van der Waals surface area contributed by atoms with Crippen LogP contribution in [0.2, 0.25) is 0 Å². The van der Waals surface area contributed by atoms with Crippen LogP contribution in [0.1, 0.15) is 34.0 Å². The highest BCUT2D eigenvalue weighted by Gasteiger charge is 2.18. The Hall–Kier alpha value is -2.55. The second-order valence-corrected chi connectivity index (χ2v) is 7.28. The SMILES string of the molecule is Cl.O=C(Nc1ncc(C2CCNCC2)s1)c1cccc(Oc2cnccn2)c1. The van der Waals surface area contributed by atoms with E-state index in [-0.39, 0.29) is 18.3 Å². The zero-order valence-electron chi connectivity index (χ0n) is 15.0. The first-order chi connectivity index (χ1) is 13.3. The molecule has 1 aromatic carbocycles. The van der Waals surface area contributed by atoms with E-state index in [1.165, 1.54) is 11.1 Å². The fourth-order valence-electron chi connectivity index (χ4n) is 2.97. The molecule has 0 bridgehead atoms. The minimum atomic E-state index is -0.217. The first kappa shape index (κ1) is 20.2. The number of rotatable bonds is 5. The molecule has 7 nitrogen and oxygen atoms in total. The first-order valence-corrected chi connectivity index (χ1v) is 9.61. The lowest BCUT2D eigenvalue weighted by Gasteiger charge is -2.20. The molecular formula is C19H20ClN5O2S. The minimum absolute atomic E-state index is 0. The molecular weight excluding hydrogens is 398 g/mol. The number of hydrogen-bond donors (Lipinski definition) is 2. The van der Waals surface area contributed by atoms with Gasteiger partial charge in [0.05, 0.1) is 6.20 Å². The summed E-state index contributed by atoms with van der Waals surface area (Å²) in [5.74, 6) is 1.21. The summed E-state index contributed by atoms with van der Waals surface area (Å²) in [5, 5.41) is 6.86. The Morgan fingerprint density at radius 1 is 1.18 bits per heavy atom. The maximum Gasteiger partial charge on any atom is 0.257 e. The van der Waals surface area contributed by atoms with E-state index >= 15 is 0 Å². The van der Waals surface area contributed by atoms with Crippen LogP contribution in [0.4, 0.5) is 5.13 Å². The van der Waals surface area contributed by atoms with Gasteiger partial charge in [-0.15, -0.1) is 23.7 Å². The van der Waals surface area contributed by atoms with Gasteiger partial charge in [0.15, 0.2) is 5.13 Å². The highest BCUT2D eigenvalue weighted by molar-refractivity contribution is 7.15. The summed E-state index contributed by atoms with van der Waals surface area (Å²) in [4.78, 5) is 26.2. The molecule has 2 aromatic heterocycles. The van der Waals surface area contributed by atoms with E-state index in [0.29, 0.717) is 28.2 Å². The predicted octanol–water partition coefficient (Wildman–Crippen LogP) is 3.87. The summed E-state index contributed by atoms with van der Waals surface area (Å²) in [6.07, 6.45) is 8.74. The minimum Gasteiger partial charge on any atom is -0.437 e. The van der Waals surface area contributed by atoms with Gasteiger partial charge in [0.25, 0.3) is 5.91 Å². The van der Waals surface area contributed by atoms with E-state index in [9.17, 15) is 4.79 Å². The maximum atomic E-state index is 12.6. The fraction of sp³-hybridized carbons (Fsp3) is 0.263. The molecule has 0 radical (unpaired) electrons. The van der Waals surface area contributed by atoms with Crippen molar-refractivity contribution in [2.45, 2.75) is 18.8 Å². The number of carbonyl (C=O) groups is 1. The van der Waals surface area contributed by atoms with Gasteiger partial charge in [-0.1, -0.05) is 6.07 Å². The summed E-state index contributed by atoms with van der Waals surface area (Å²) >= 11 is 1.55. The molecule has 1 aliphatic heterocycles. The second kappa shape index (κ2) is 9.59. The lowest BCUT2D eigenvalue weighted by Crippen LogP contribution is -2.26. The number of benzene rings is 1. The molecule has 0 saturated carbocycles. The van der Waals surface area contributed by atoms with E-state index in [4.69, 9.17) is 4.74 Å². The summed E-state index contributed by atoms with van der Waals surface area (Å²) in [5.41, 5.74) is 0.495. The van der Waals surface area contributed by atoms with Gasteiger partial charge in [-0.05, 0) is 50.0 Å². The van der Waals surface area contributed by atoms with Crippen molar-refractivity contribution in [1.29, 1.82) is 0 Å². The van der Waals surface area contributed by atoms with Crippen LogP contribution >= 0.6 is 23.7 Å². The van der Waals surface area contributed by atoms with Gasteiger partial charge in [0, 0.05) is 29.0 Å². The zero-order chi connectivity index (χ0) is 18.5. The third-order valence-corrected chi connectivity index (χ3v) is 5.42. The van der Waals surface area contributed by atoms with E-state index in [1.54, 1.807) is 48.0 Å². The fourth-order valence-corrected chi connectivity index (χ4v) is 3.95. The number of aromatic nitrogens is 3. The van der Waals surface area contributed by atoms with E-state index in [0.717, 1.165) is 25.9 Å². The number of piperidine rings is 1. The largest absolute Gasteiger partial charge is 0.437 e. The molecule has 1 aliphatic rings. The summed E-state index contributed by atoms with van der Waals surface area (Å²) in [6.45, 7) is 2.06. The van der Waals surface area contributed by atoms with Gasteiger partial charge in [-0.3, -0.25) is 15.1 Å². The van der Waals surface area contributed by atoms with Gasteiger partial charge in [0.2, 0.25) is 5.88 Å². The molecule has 0 atom stereocenters. The molecule has 0 aliphatic carbocycles. The van der Waals surface area contributed by atoms with E-state index in [1.807, 2.05) is 6.20 Å². The average molecular weight is 418 g/mol. The van der Waals surface area contributed by atoms with E-state index < -0.39 is 0 Å². The van der Waals surface area contributed by atoms with Crippen LogP contribution in [-0.4, -0.2) is 33.9 Å². The molecule has 1 fully saturated rings. The van der Waals surface area contributed by atoms with Crippen molar-refractivity contribution in [3.05, 3.63) is 59.5 Å². The van der Waals surface area contributed by atoms with Crippen LogP contribution in [0, 0.1) is 0 Å². The summed E-state index contributed by atoms with van der Waals surface area (Å²) in [6, 6.07) is 6.94. The Balaban J connectivity index is 0.00000225. The quantitative estimate of drug-likeness (QED) is 0.655. The number of carbonyl (C=O) groups excluding carboxylic acids is 1. The molecule has 1 saturated heterocycles. The van der Waals surface area contributed by atoms with Crippen molar-refractivity contribution in [3.8, 4) is 11.6 Å². The number of amides is 1. The molecule has 1 amide bonds. The normalized spacial score (nSPS) is 14.1. The number of thiazole rings is 1. The number of hydrogen-bond acceptors (Lipinski definition) is 7. The van der Waals surface area contributed by atoms with Crippen molar-refractivity contribution >= 4 is 34.8 Å². The van der Waals surface area contributed by atoms with Crippen LogP contribution < -0.4 is 15.4 Å². The second-order valence-electron chi connectivity index (χ2n) is 6.22. The van der Waals surface area contributed by atoms with Gasteiger partial charge >= 0.3 is 0 Å². The Morgan fingerprint density at radius 3 is 2.82 bits per heavy atom. The Kier molecular flexibility index (Phi) is 6.91. The molecule has 9 heteroatoms. The number of nitrogens with one attached hydrogen (secondary N) is 2. The van der Waals surface area contributed by atoms with E-state index in [2.05, 4.69) is 25.6 Å². The number of nitrogens with zero attached hydrogens (tertiary/aromatic N) is 3. The van der Waals surface area contributed by atoms with Gasteiger partial charge in [0.1, 0.15) is 5.75 Å². The molecule has 3 aromatic rings. The van der Waals surface area contributed by atoms with Gasteiger partial charge < -0.3 is 10.1 Å². The lowest BCUT2D eigenvalue weighted by molar-refractivity contribution is 0.102. The van der Waals surface area contributed by atoms with Gasteiger partial charge in [-0.25, -0.2) is 9.97 Å². The molecule has 4 rings (SSSR count). The Morgan fingerprint density at radius 2 is 2.04 bits per heavy atom. The molecule has 146 valence electrons. The van der Waals surface area contributed by atoms with Crippen LogP contribution in [-0.2, 0) is 0 Å². The Bertz CT molecular complexity index is 915. The molecule has 0 unspecified atom stereocenters.